The molecule has 1 aromatic carbocycles. The SMILES string of the molecule is CN1CCCc2cc(C(=O)CCN3CCC(C(=O)O)CC3)ccc21. The van der Waals surface area contributed by atoms with Gasteiger partial charge in [0.25, 0.3) is 0 Å². The van der Waals surface area contributed by atoms with Crippen LogP contribution in [0.2, 0.25) is 0 Å². The first kappa shape index (κ1) is 17.0. The van der Waals surface area contributed by atoms with Gasteiger partial charge in [-0.2, -0.15) is 0 Å². The molecule has 2 aliphatic heterocycles. The van der Waals surface area contributed by atoms with Gasteiger partial charge >= 0.3 is 5.97 Å². The van der Waals surface area contributed by atoms with Crippen molar-refractivity contribution in [2.75, 3.05) is 38.1 Å². The van der Waals surface area contributed by atoms with E-state index in [2.05, 4.69) is 29.0 Å². The van der Waals surface area contributed by atoms with E-state index in [1.54, 1.807) is 0 Å². The summed E-state index contributed by atoms with van der Waals surface area (Å²) in [6.07, 6.45) is 4.07. The molecule has 0 saturated carbocycles. The van der Waals surface area contributed by atoms with Gasteiger partial charge in [0.2, 0.25) is 0 Å². The van der Waals surface area contributed by atoms with Crippen LogP contribution in [0.1, 0.15) is 41.6 Å². The van der Waals surface area contributed by atoms with Gasteiger partial charge < -0.3 is 14.9 Å². The summed E-state index contributed by atoms with van der Waals surface area (Å²) in [4.78, 5) is 27.9. The Labute approximate surface area is 143 Å². The van der Waals surface area contributed by atoms with Crippen LogP contribution in [0, 0.1) is 5.92 Å². The van der Waals surface area contributed by atoms with Crippen LogP contribution < -0.4 is 4.90 Å². The third-order valence-corrected chi connectivity index (χ3v) is 5.34. The second kappa shape index (κ2) is 7.34. The van der Waals surface area contributed by atoms with E-state index < -0.39 is 5.97 Å². The van der Waals surface area contributed by atoms with Gasteiger partial charge in [0, 0.05) is 37.8 Å². The number of ketones is 1. The minimum atomic E-state index is -0.690. The molecule has 1 N–H and O–H groups in total. The molecule has 0 bridgehead atoms. The molecule has 0 aromatic heterocycles. The molecule has 0 radical (unpaired) electrons. The van der Waals surface area contributed by atoms with Gasteiger partial charge in [0.15, 0.2) is 5.78 Å². The predicted octanol–water partition coefficient (Wildman–Crippen LogP) is 2.44. The zero-order chi connectivity index (χ0) is 17.1. The van der Waals surface area contributed by atoms with E-state index in [1.807, 2.05) is 6.07 Å². The molecule has 2 aliphatic rings. The lowest BCUT2D eigenvalue weighted by Crippen LogP contribution is -2.37. The number of hydrogen-bond acceptors (Lipinski definition) is 4. The number of fused-ring (bicyclic) bond motifs is 1. The molecule has 130 valence electrons. The Morgan fingerprint density at radius 1 is 1.21 bits per heavy atom. The molecule has 5 heteroatoms. The summed E-state index contributed by atoms with van der Waals surface area (Å²) < 4.78 is 0. The van der Waals surface area contributed by atoms with Gasteiger partial charge in [0.1, 0.15) is 0 Å². The van der Waals surface area contributed by atoms with Crippen molar-refractivity contribution in [3.63, 3.8) is 0 Å². The van der Waals surface area contributed by atoms with E-state index in [0.29, 0.717) is 19.3 Å². The number of nitrogens with zero attached hydrogens (tertiary/aromatic N) is 2. The average molecular weight is 330 g/mol. The number of Topliss-reactive ketones (excluding diaryl/α,β-unsaturated/α-hetero) is 1. The zero-order valence-electron chi connectivity index (χ0n) is 14.3. The molecule has 1 saturated heterocycles. The monoisotopic (exact) mass is 330 g/mol. The number of piperidine rings is 1. The molecule has 5 nitrogen and oxygen atoms in total. The number of anilines is 1. The molecule has 24 heavy (non-hydrogen) atoms. The highest BCUT2D eigenvalue weighted by molar-refractivity contribution is 5.96. The molecule has 0 unspecified atom stereocenters. The molecule has 0 aliphatic carbocycles. The highest BCUT2D eigenvalue weighted by Crippen LogP contribution is 2.27. The summed E-state index contributed by atoms with van der Waals surface area (Å²) in [6.45, 7) is 3.35. The number of benzene rings is 1. The number of carboxylic acid groups (broad SMARTS) is 1. The summed E-state index contributed by atoms with van der Waals surface area (Å²) in [7, 11) is 2.10. The fraction of sp³-hybridized carbons (Fsp3) is 0.579. The van der Waals surface area contributed by atoms with Crippen molar-refractivity contribution in [2.45, 2.75) is 32.1 Å². The number of rotatable bonds is 5. The Morgan fingerprint density at radius 3 is 2.67 bits per heavy atom. The lowest BCUT2D eigenvalue weighted by atomic mass is 9.96. The van der Waals surface area contributed by atoms with Gasteiger partial charge in [-0.15, -0.1) is 0 Å². The number of hydrogen-bond donors (Lipinski definition) is 1. The quantitative estimate of drug-likeness (QED) is 0.840. The molecule has 2 heterocycles. The first-order valence-corrected chi connectivity index (χ1v) is 8.87. The van der Waals surface area contributed by atoms with Gasteiger partial charge in [-0.3, -0.25) is 9.59 Å². The second-order valence-corrected chi connectivity index (χ2v) is 7.00. The molecule has 3 rings (SSSR count). The largest absolute Gasteiger partial charge is 0.481 e. The molecular formula is C19H26N2O3. The minimum Gasteiger partial charge on any atom is -0.481 e. The third kappa shape index (κ3) is 3.78. The molecule has 0 spiro atoms. The summed E-state index contributed by atoms with van der Waals surface area (Å²) >= 11 is 0. The lowest BCUT2D eigenvalue weighted by Gasteiger charge is -2.30. The van der Waals surface area contributed by atoms with Crippen LogP contribution in [-0.4, -0.2) is 55.0 Å². The van der Waals surface area contributed by atoms with Crippen molar-refractivity contribution >= 4 is 17.4 Å². The molecular weight excluding hydrogens is 304 g/mol. The molecule has 1 fully saturated rings. The first-order valence-electron chi connectivity index (χ1n) is 8.87. The summed E-state index contributed by atoms with van der Waals surface area (Å²) in [5.74, 6) is -0.717. The average Bonchev–Trinajstić information content (AvgIpc) is 2.60. The van der Waals surface area contributed by atoms with Crippen LogP contribution in [0.5, 0.6) is 0 Å². The number of aryl methyl sites for hydroxylation is 1. The first-order chi connectivity index (χ1) is 11.5. The van der Waals surface area contributed by atoms with Crippen LogP contribution in [0.25, 0.3) is 0 Å². The van der Waals surface area contributed by atoms with E-state index >= 15 is 0 Å². The van der Waals surface area contributed by atoms with Crippen LogP contribution in [0.15, 0.2) is 18.2 Å². The highest BCUT2D eigenvalue weighted by Gasteiger charge is 2.24. The number of likely N-dealkylation sites (tertiary alicyclic amines) is 1. The van der Waals surface area contributed by atoms with Gasteiger partial charge in [-0.25, -0.2) is 0 Å². The maximum atomic E-state index is 12.5. The van der Waals surface area contributed by atoms with Crippen molar-refractivity contribution < 1.29 is 14.7 Å². The van der Waals surface area contributed by atoms with Crippen LogP contribution in [0.3, 0.4) is 0 Å². The number of carbonyl (C=O) groups excluding carboxylic acids is 1. The summed E-state index contributed by atoms with van der Waals surface area (Å²) in [5, 5.41) is 9.03. The summed E-state index contributed by atoms with van der Waals surface area (Å²) in [6, 6.07) is 6.07. The van der Waals surface area contributed by atoms with Crippen molar-refractivity contribution in [3.8, 4) is 0 Å². The Hall–Kier alpha value is -1.88. The van der Waals surface area contributed by atoms with Crippen LogP contribution in [-0.2, 0) is 11.2 Å². The topological polar surface area (TPSA) is 60.9 Å². The minimum absolute atomic E-state index is 0.186. The maximum Gasteiger partial charge on any atom is 0.306 e. The van der Waals surface area contributed by atoms with Crippen molar-refractivity contribution in [3.05, 3.63) is 29.3 Å². The third-order valence-electron chi connectivity index (χ3n) is 5.34. The Morgan fingerprint density at radius 2 is 1.96 bits per heavy atom. The molecule has 1 aromatic rings. The highest BCUT2D eigenvalue weighted by atomic mass is 16.4. The van der Waals surface area contributed by atoms with E-state index in [0.717, 1.165) is 44.6 Å². The fourth-order valence-corrected chi connectivity index (χ4v) is 3.77. The van der Waals surface area contributed by atoms with Crippen LogP contribution in [0.4, 0.5) is 5.69 Å². The van der Waals surface area contributed by atoms with Crippen molar-refractivity contribution in [2.24, 2.45) is 5.92 Å². The lowest BCUT2D eigenvalue weighted by molar-refractivity contribution is -0.143. The Kier molecular flexibility index (Phi) is 5.19. The van der Waals surface area contributed by atoms with Crippen molar-refractivity contribution in [1.29, 1.82) is 0 Å². The number of aliphatic carboxylic acids is 1. The molecule has 0 amide bonds. The maximum absolute atomic E-state index is 12.5. The normalized spacial score (nSPS) is 19.1. The Balaban J connectivity index is 1.53. The van der Waals surface area contributed by atoms with E-state index in [9.17, 15) is 9.59 Å². The zero-order valence-corrected chi connectivity index (χ0v) is 14.3. The predicted molar refractivity (Wildman–Crippen MR) is 93.8 cm³/mol. The fourth-order valence-electron chi connectivity index (χ4n) is 3.77. The van der Waals surface area contributed by atoms with Crippen LogP contribution >= 0.6 is 0 Å². The van der Waals surface area contributed by atoms with E-state index in [1.165, 1.54) is 11.3 Å². The van der Waals surface area contributed by atoms with Gasteiger partial charge in [-0.1, -0.05) is 0 Å². The Bertz CT molecular complexity index is 621. The summed E-state index contributed by atoms with van der Waals surface area (Å²) in [5.41, 5.74) is 3.33. The second-order valence-electron chi connectivity index (χ2n) is 7.00. The smallest absolute Gasteiger partial charge is 0.306 e. The van der Waals surface area contributed by atoms with Crippen molar-refractivity contribution in [1.82, 2.24) is 4.90 Å². The van der Waals surface area contributed by atoms with E-state index in [-0.39, 0.29) is 11.7 Å². The van der Waals surface area contributed by atoms with Gasteiger partial charge in [-0.05, 0) is 62.5 Å². The van der Waals surface area contributed by atoms with Gasteiger partial charge in [0.05, 0.1) is 5.92 Å². The number of carbonyl (C=O) groups is 2. The molecule has 0 atom stereocenters. The standard InChI is InChI=1S/C19H26N2O3/c1-20-9-2-3-15-13-16(4-5-17(15)20)18(22)8-12-21-10-6-14(7-11-21)19(23)24/h4-5,13-14H,2-3,6-12H2,1H3,(H,23,24). The van der Waals surface area contributed by atoms with E-state index in [4.69, 9.17) is 5.11 Å². The number of carboxylic acids is 1.